The first-order valence-corrected chi connectivity index (χ1v) is 6.46. The minimum absolute atomic E-state index is 0.169. The quantitative estimate of drug-likeness (QED) is 0.825. The van der Waals surface area contributed by atoms with Gasteiger partial charge in [-0.3, -0.25) is 0 Å². The van der Waals surface area contributed by atoms with Crippen molar-refractivity contribution in [3.63, 3.8) is 0 Å². The van der Waals surface area contributed by atoms with Crippen molar-refractivity contribution >= 4 is 23.0 Å². The summed E-state index contributed by atoms with van der Waals surface area (Å²) < 4.78 is 6.39. The Hall–Kier alpha value is -1.04. The summed E-state index contributed by atoms with van der Waals surface area (Å²) in [6.45, 7) is 5.62. The molecule has 0 fully saturated rings. The van der Waals surface area contributed by atoms with Gasteiger partial charge in [0.25, 0.3) is 0 Å². The van der Waals surface area contributed by atoms with Crippen molar-refractivity contribution in [3.8, 4) is 5.75 Å². The maximum atomic E-state index is 9.89. The van der Waals surface area contributed by atoms with Crippen LogP contribution in [0.5, 0.6) is 5.75 Å². The molecule has 1 heterocycles. The zero-order chi connectivity index (χ0) is 13.3. The Balaban J connectivity index is 2.27. The van der Waals surface area contributed by atoms with Gasteiger partial charge in [0.2, 0.25) is 0 Å². The molecule has 1 aliphatic heterocycles. The van der Waals surface area contributed by atoms with Gasteiger partial charge in [-0.05, 0) is 37.0 Å². The predicted molar refractivity (Wildman–Crippen MR) is 75.1 cm³/mol. The van der Waals surface area contributed by atoms with E-state index in [9.17, 15) is 10.1 Å². The Morgan fingerprint density at radius 2 is 2.28 bits per heavy atom. The largest absolute Gasteiger partial charge is 0.508 e. The summed E-state index contributed by atoms with van der Waals surface area (Å²) in [6.07, 6.45) is 2.16. The molecule has 0 aromatic heterocycles. The number of hydrogen-bond acceptors (Lipinski definition) is 3. The second-order valence-electron chi connectivity index (χ2n) is 4.36. The van der Waals surface area contributed by atoms with Crippen LogP contribution in [0.3, 0.4) is 0 Å². The first-order valence-electron chi connectivity index (χ1n) is 5.67. The zero-order valence-corrected chi connectivity index (χ0v) is 11.6. The summed E-state index contributed by atoms with van der Waals surface area (Å²) in [4.78, 5) is 0. The van der Waals surface area contributed by atoms with Crippen LogP contribution in [0.2, 0.25) is 0 Å². The number of rotatable bonds is 2. The van der Waals surface area contributed by atoms with E-state index in [0.29, 0.717) is 17.5 Å². The van der Waals surface area contributed by atoms with Crippen molar-refractivity contribution in [1.29, 1.82) is 0 Å². The number of hydrogen-bond donors (Lipinski definition) is 2. The van der Waals surface area contributed by atoms with Crippen molar-refractivity contribution in [2.24, 2.45) is 0 Å². The van der Waals surface area contributed by atoms with Crippen molar-refractivity contribution in [3.05, 3.63) is 51.9 Å². The SMILES string of the molecule is C=C(C)C1=CCC(c2cc(Br)ccc2O)OB1O. The topological polar surface area (TPSA) is 49.7 Å². The number of phenols is 1. The standard InChI is InChI=1S/C13H14BBrO3/c1-8(2)11-4-6-13(18-14(11)17)10-7-9(15)3-5-12(10)16/h3-5,7,13,16-17H,1,6H2,2H3. The van der Waals surface area contributed by atoms with Gasteiger partial charge in [0.1, 0.15) is 5.75 Å². The monoisotopic (exact) mass is 308 g/mol. The Morgan fingerprint density at radius 1 is 1.56 bits per heavy atom. The molecule has 94 valence electrons. The molecule has 0 aliphatic carbocycles. The normalized spacial score (nSPS) is 19.6. The van der Waals surface area contributed by atoms with Crippen LogP contribution >= 0.6 is 15.9 Å². The third-order valence-corrected chi connectivity index (χ3v) is 3.43. The van der Waals surface area contributed by atoms with E-state index in [0.717, 1.165) is 10.0 Å². The molecule has 1 aromatic rings. The van der Waals surface area contributed by atoms with Gasteiger partial charge < -0.3 is 14.8 Å². The average molecular weight is 309 g/mol. The molecule has 0 spiro atoms. The summed E-state index contributed by atoms with van der Waals surface area (Å²) in [5, 5.41) is 19.7. The van der Waals surface area contributed by atoms with Crippen molar-refractivity contribution in [1.82, 2.24) is 0 Å². The summed E-state index contributed by atoms with van der Waals surface area (Å²) >= 11 is 3.35. The van der Waals surface area contributed by atoms with Gasteiger partial charge in [-0.25, -0.2) is 0 Å². The summed E-state index contributed by atoms with van der Waals surface area (Å²) in [5.41, 5.74) is 2.17. The lowest BCUT2D eigenvalue weighted by molar-refractivity contribution is 0.165. The minimum atomic E-state index is -0.986. The zero-order valence-electron chi connectivity index (χ0n) is 10.1. The maximum absolute atomic E-state index is 9.89. The Bertz CT molecular complexity index is 513. The molecule has 3 nitrogen and oxygen atoms in total. The highest BCUT2D eigenvalue weighted by molar-refractivity contribution is 9.10. The molecule has 5 heteroatoms. The van der Waals surface area contributed by atoms with E-state index in [-0.39, 0.29) is 11.9 Å². The summed E-state index contributed by atoms with van der Waals surface area (Å²) in [5.74, 6) is 0.169. The molecule has 0 amide bonds. The number of benzene rings is 1. The van der Waals surface area contributed by atoms with Crippen LogP contribution in [0.15, 0.2) is 46.4 Å². The third-order valence-electron chi connectivity index (χ3n) is 2.94. The summed E-state index contributed by atoms with van der Waals surface area (Å²) in [7, 11) is -0.986. The first-order chi connectivity index (χ1) is 8.49. The fourth-order valence-corrected chi connectivity index (χ4v) is 2.37. The molecule has 0 saturated heterocycles. The van der Waals surface area contributed by atoms with E-state index in [1.165, 1.54) is 0 Å². The van der Waals surface area contributed by atoms with Crippen LogP contribution in [-0.4, -0.2) is 17.2 Å². The average Bonchev–Trinajstić information content (AvgIpc) is 2.31. The fourth-order valence-electron chi connectivity index (χ4n) is 1.99. The fraction of sp³-hybridized carbons (Fsp3) is 0.231. The number of allylic oxidation sites excluding steroid dienone is 2. The maximum Gasteiger partial charge on any atom is 0.491 e. The molecule has 1 aliphatic rings. The highest BCUT2D eigenvalue weighted by atomic mass is 79.9. The molecule has 1 unspecified atom stereocenters. The van der Waals surface area contributed by atoms with Crippen LogP contribution in [0, 0.1) is 0 Å². The second kappa shape index (κ2) is 5.30. The molecular weight excluding hydrogens is 295 g/mol. The van der Waals surface area contributed by atoms with Crippen LogP contribution in [0.25, 0.3) is 0 Å². The lowest BCUT2D eigenvalue weighted by atomic mass is 9.71. The first kappa shape index (κ1) is 13.4. The number of phenolic OH excluding ortho intramolecular Hbond substituents is 1. The van der Waals surface area contributed by atoms with Crippen LogP contribution < -0.4 is 0 Å². The molecule has 1 aromatic carbocycles. The lowest BCUT2D eigenvalue weighted by Crippen LogP contribution is -2.28. The van der Waals surface area contributed by atoms with Crippen molar-refractivity contribution < 1.29 is 14.8 Å². The van der Waals surface area contributed by atoms with Gasteiger partial charge in [0.15, 0.2) is 0 Å². The van der Waals surface area contributed by atoms with Crippen LogP contribution in [-0.2, 0) is 4.65 Å². The van der Waals surface area contributed by atoms with Gasteiger partial charge in [0.05, 0.1) is 6.10 Å². The second-order valence-corrected chi connectivity index (χ2v) is 5.27. The molecule has 0 saturated carbocycles. The van der Waals surface area contributed by atoms with Crippen molar-refractivity contribution in [2.75, 3.05) is 0 Å². The molecule has 2 N–H and O–H groups in total. The lowest BCUT2D eigenvalue weighted by Gasteiger charge is -2.26. The van der Waals surface area contributed by atoms with Gasteiger partial charge in [-0.1, -0.05) is 34.2 Å². The van der Waals surface area contributed by atoms with Gasteiger partial charge in [-0.15, -0.1) is 0 Å². The summed E-state index contributed by atoms with van der Waals surface area (Å²) in [6, 6.07) is 5.16. The smallest absolute Gasteiger partial charge is 0.491 e. The van der Waals surface area contributed by atoms with Crippen LogP contribution in [0.1, 0.15) is 25.0 Å². The molecule has 2 rings (SSSR count). The van der Waals surface area contributed by atoms with E-state index in [1.807, 2.05) is 13.0 Å². The third kappa shape index (κ3) is 2.69. The van der Waals surface area contributed by atoms with Gasteiger partial charge in [0, 0.05) is 10.0 Å². The molecule has 18 heavy (non-hydrogen) atoms. The van der Waals surface area contributed by atoms with Crippen LogP contribution in [0.4, 0.5) is 0 Å². The number of halogens is 1. The van der Waals surface area contributed by atoms with Gasteiger partial charge in [-0.2, -0.15) is 0 Å². The van der Waals surface area contributed by atoms with E-state index in [1.54, 1.807) is 18.2 Å². The molecule has 0 bridgehead atoms. The van der Waals surface area contributed by atoms with E-state index in [2.05, 4.69) is 22.5 Å². The van der Waals surface area contributed by atoms with E-state index >= 15 is 0 Å². The predicted octanol–water partition coefficient (Wildman–Crippen LogP) is 3.14. The Labute approximate surface area is 115 Å². The van der Waals surface area contributed by atoms with Gasteiger partial charge >= 0.3 is 7.12 Å². The molecule has 0 radical (unpaired) electrons. The van der Waals surface area contributed by atoms with E-state index < -0.39 is 7.12 Å². The molecular formula is C13H14BBrO3. The minimum Gasteiger partial charge on any atom is -0.508 e. The Morgan fingerprint density at radius 3 is 2.89 bits per heavy atom. The highest BCUT2D eigenvalue weighted by Gasteiger charge is 2.30. The highest BCUT2D eigenvalue weighted by Crippen LogP contribution is 2.36. The van der Waals surface area contributed by atoms with E-state index in [4.69, 9.17) is 4.65 Å². The molecule has 1 atom stereocenters. The Kier molecular flexibility index (Phi) is 3.95. The van der Waals surface area contributed by atoms with Crippen molar-refractivity contribution in [2.45, 2.75) is 19.4 Å². The number of aromatic hydroxyl groups is 1.